The largest absolute Gasteiger partial charge is 0.379 e. The first kappa shape index (κ1) is 18.8. The predicted octanol–water partition coefficient (Wildman–Crippen LogP) is 2.90. The Bertz CT molecular complexity index is 162. The second-order valence-electron chi connectivity index (χ2n) is 4.99. The van der Waals surface area contributed by atoms with Crippen molar-refractivity contribution in [2.24, 2.45) is 5.92 Å². The number of rotatable bonds is 15. The van der Waals surface area contributed by atoms with E-state index in [9.17, 15) is 0 Å². The molecule has 116 valence electrons. The van der Waals surface area contributed by atoms with Crippen LogP contribution in [0.5, 0.6) is 0 Å². The molecule has 4 heteroatoms. The quantitative estimate of drug-likeness (QED) is 0.431. The Hall–Kier alpha value is -0.160. The summed E-state index contributed by atoms with van der Waals surface area (Å²) < 4.78 is 21.6. The number of unbranched alkanes of at least 4 members (excludes halogenated alkanes) is 1. The fourth-order valence-electron chi connectivity index (χ4n) is 1.33. The van der Waals surface area contributed by atoms with Crippen LogP contribution in [0.3, 0.4) is 0 Å². The molecule has 0 aliphatic rings. The second-order valence-corrected chi connectivity index (χ2v) is 4.99. The Kier molecular flexibility index (Phi) is 15.8. The van der Waals surface area contributed by atoms with Crippen LogP contribution in [0.2, 0.25) is 0 Å². The summed E-state index contributed by atoms with van der Waals surface area (Å²) in [5.74, 6) is 0.703. The van der Waals surface area contributed by atoms with Crippen molar-refractivity contribution in [1.29, 1.82) is 0 Å². The molecule has 0 aliphatic carbocycles. The smallest absolute Gasteiger partial charge is 0.0701 e. The topological polar surface area (TPSA) is 36.9 Å². The summed E-state index contributed by atoms with van der Waals surface area (Å²) in [7, 11) is 0. The van der Waals surface area contributed by atoms with Crippen molar-refractivity contribution in [3.8, 4) is 0 Å². The third-order valence-electron chi connectivity index (χ3n) is 2.60. The number of ether oxygens (including phenoxy) is 4. The van der Waals surface area contributed by atoms with Gasteiger partial charge in [-0.1, -0.05) is 27.2 Å². The molecule has 0 aromatic carbocycles. The Morgan fingerprint density at radius 2 is 1.05 bits per heavy atom. The maximum Gasteiger partial charge on any atom is 0.0701 e. The van der Waals surface area contributed by atoms with Gasteiger partial charge >= 0.3 is 0 Å². The molecule has 0 spiro atoms. The van der Waals surface area contributed by atoms with Crippen LogP contribution >= 0.6 is 0 Å². The van der Waals surface area contributed by atoms with Crippen LogP contribution in [0.15, 0.2) is 0 Å². The fraction of sp³-hybridized carbons (Fsp3) is 1.00. The molecule has 4 nitrogen and oxygen atoms in total. The molecule has 0 unspecified atom stereocenters. The Balaban J connectivity index is 2.91. The van der Waals surface area contributed by atoms with Gasteiger partial charge in [-0.25, -0.2) is 0 Å². The summed E-state index contributed by atoms with van der Waals surface area (Å²) in [6.45, 7) is 12.1. The van der Waals surface area contributed by atoms with Crippen LogP contribution in [-0.2, 0) is 18.9 Å². The van der Waals surface area contributed by atoms with E-state index in [1.807, 2.05) is 0 Å². The molecule has 0 amide bonds. The van der Waals surface area contributed by atoms with E-state index in [0.29, 0.717) is 45.6 Å². The maximum absolute atomic E-state index is 5.44. The molecule has 0 rings (SSSR count). The van der Waals surface area contributed by atoms with Crippen molar-refractivity contribution < 1.29 is 18.9 Å². The minimum absolute atomic E-state index is 0.627. The highest BCUT2D eigenvalue weighted by Gasteiger charge is 1.94. The highest BCUT2D eigenvalue weighted by Crippen LogP contribution is 1.98. The normalized spacial score (nSPS) is 11.4. The van der Waals surface area contributed by atoms with Gasteiger partial charge in [-0.2, -0.15) is 0 Å². The molecule has 0 saturated carbocycles. The summed E-state index contributed by atoms with van der Waals surface area (Å²) in [6.07, 6.45) is 3.41. The van der Waals surface area contributed by atoms with Gasteiger partial charge in [-0.05, 0) is 18.8 Å². The van der Waals surface area contributed by atoms with E-state index in [0.717, 1.165) is 26.1 Å². The second kappa shape index (κ2) is 15.9. The molecule has 0 saturated heterocycles. The summed E-state index contributed by atoms with van der Waals surface area (Å²) in [4.78, 5) is 0. The average molecular weight is 276 g/mol. The van der Waals surface area contributed by atoms with Gasteiger partial charge < -0.3 is 18.9 Å². The lowest BCUT2D eigenvalue weighted by Gasteiger charge is -2.08. The molecular formula is C15H32O4. The van der Waals surface area contributed by atoms with Crippen molar-refractivity contribution in [2.75, 3.05) is 52.9 Å². The first-order chi connectivity index (χ1) is 9.27. The van der Waals surface area contributed by atoms with Gasteiger partial charge in [-0.15, -0.1) is 0 Å². The van der Waals surface area contributed by atoms with E-state index in [2.05, 4.69) is 20.8 Å². The first-order valence-electron chi connectivity index (χ1n) is 7.58. The van der Waals surface area contributed by atoms with Crippen LogP contribution in [0.4, 0.5) is 0 Å². The molecular weight excluding hydrogens is 244 g/mol. The van der Waals surface area contributed by atoms with Gasteiger partial charge in [0.15, 0.2) is 0 Å². The molecule has 0 bridgehead atoms. The zero-order chi connectivity index (χ0) is 14.2. The van der Waals surface area contributed by atoms with E-state index in [1.54, 1.807) is 0 Å². The summed E-state index contributed by atoms with van der Waals surface area (Å²) in [5.41, 5.74) is 0. The number of hydrogen-bond acceptors (Lipinski definition) is 4. The standard InChI is InChI=1S/C15H32O4/c1-4-5-7-16-9-11-18-13-14-19-12-10-17-8-6-15(2)3/h15H,4-14H2,1-3H3. The van der Waals surface area contributed by atoms with E-state index >= 15 is 0 Å². The molecule has 0 radical (unpaired) electrons. The van der Waals surface area contributed by atoms with E-state index in [4.69, 9.17) is 18.9 Å². The molecule has 0 aromatic heterocycles. The first-order valence-corrected chi connectivity index (χ1v) is 7.58. The molecule has 0 N–H and O–H groups in total. The maximum atomic E-state index is 5.44. The average Bonchev–Trinajstić information content (AvgIpc) is 2.39. The highest BCUT2D eigenvalue weighted by atomic mass is 16.6. The van der Waals surface area contributed by atoms with Crippen LogP contribution in [0.1, 0.15) is 40.0 Å². The lowest BCUT2D eigenvalue weighted by Crippen LogP contribution is -2.12. The van der Waals surface area contributed by atoms with Crippen molar-refractivity contribution in [3.63, 3.8) is 0 Å². The molecule has 19 heavy (non-hydrogen) atoms. The number of hydrogen-bond donors (Lipinski definition) is 0. The Morgan fingerprint density at radius 1 is 0.632 bits per heavy atom. The zero-order valence-corrected chi connectivity index (χ0v) is 13.0. The van der Waals surface area contributed by atoms with Gasteiger partial charge in [0, 0.05) is 13.2 Å². The van der Waals surface area contributed by atoms with Crippen LogP contribution in [0, 0.1) is 5.92 Å². The third kappa shape index (κ3) is 17.8. The lowest BCUT2D eigenvalue weighted by molar-refractivity contribution is -0.00295. The minimum Gasteiger partial charge on any atom is -0.379 e. The van der Waals surface area contributed by atoms with Gasteiger partial charge in [0.1, 0.15) is 0 Å². The molecule has 0 aliphatic heterocycles. The SMILES string of the molecule is CCCCOCCOCCOCCOCCC(C)C. The van der Waals surface area contributed by atoms with Crippen LogP contribution in [0.25, 0.3) is 0 Å². The molecule has 0 atom stereocenters. The molecule has 0 aromatic rings. The third-order valence-corrected chi connectivity index (χ3v) is 2.60. The van der Waals surface area contributed by atoms with Crippen molar-refractivity contribution in [1.82, 2.24) is 0 Å². The Morgan fingerprint density at radius 3 is 1.47 bits per heavy atom. The van der Waals surface area contributed by atoms with Gasteiger partial charge in [0.25, 0.3) is 0 Å². The van der Waals surface area contributed by atoms with E-state index < -0.39 is 0 Å². The highest BCUT2D eigenvalue weighted by molar-refractivity contribution is 4.42. The Labute approximate surface area is 118 Å². The van der Waals surface area contributed by atoms with Gasteiger partial charge in [0.05, 0.1) is 39.6 Å². The van der Waals surface area contributed by atoms with E-state index in [1.165, 1.54) is 6.42 Å². The predicted molar refractivity (Wildman–Crippen MR) is 77.6 cm³/mol. The fourth-order valence-corrected chi connectivity index (χ4v) is 1.33. The summed E-state index contributed by atoms with van der Waals surface area (Å²) in [6, 6.07) is 0. The van der Waals surface area contributed by atoms with Gasteiger partial charge in [-0.3, -0.25) is 0 Å². The van der Waals surface area contributed by atoms with Crippen LogP contribution < -0.4 is 0 Å². The van der Waals surface area contributed by atoms with Crippen molar-refractivity contribution in [3.05, 3.63) is 0 Å². The zero-order valence-electron chi connectivity index (χ0n) is 13.0. The monoisotopic (exact) mass is 276 g/mol. The lowest BCUT2D eigenvalue weighted by atomic mass is 10.1. The summed E-state index contributed by atoms with van der Waals surface area (Å²) >= 11 is 0. The molecule has 0 heterocycles. The van der Waals surface area contributed by atoms with E-state index in [-0.39, 0.29) is 0 Å². The molecule has 0 fully saturated rings. The van der Waals surface area contributed by atoms with Crippen molar-refractivity contribution in [2.45, 2.75) is 40.0 Å². The van der Waals surface area contributed by atoms with Crippen LogP contribution in [-0.4, -0.2) is 52.9 Å². The summed E-state index contributed by atoms with van der Waals surface area (Å²) in [5, 5.41) is 0. The van der Waals surface area contributed by atoms with Crippen molar-refractivity contribution >= 4 is 0 Å². The minimum atomic E-state index is 0.627. The van der Waals surface area contributed by atoms with Gasteiger partial charge in [0.2, 0.25) is 0 Å².